The summed E-state index contributed by atoms with van der Waals surface area (Å²) in [5.74, 6) is 0.139. The zero-order valence-corrected chi connectivity index (χ0v) is 15.6. The van der Waals surface area contributed by atoms with Crippen molar-refractivity contribution in [2.75, 3.05) is 0 Å². The molecule has 2 aromatic rings. The molecule has 0 saturated heterocycles. The Balaban J connectivity index is 2.09. The lowest BCUT2D eigenvalue weighted by Crippen LogP contribution is -2.32. The number of rotatable bonds is 5. The van der Waals surface area contributed by atoms with E-state index in [0.717, 1.165) is 5.56 Å². The number of nitrogens with one attached hydrogen (secondary N) is 1. The van der Waals surface area contributed by atoms with Gasteiger partial charge >= 0.3 is 6.09 Å². The van der Waals surface area contributed by atoms with Gasteiger partial charge in [-0.15, -0.1) is 0 Å². The summed E-state index contributed by atoms with van der Waals surface area (Å²) < 4.78 is 10.9. The lowest BCUT2D eigenvalue weighted by atomic mass is 10.2. The van der Waals surface area contributed by atoms with E-state index in [2.05, 4.69) is 5.32 Å². The van der Waals surface area contributed by atoms with Gasteiger partial charge in [-0.25, -0.2) is 4.79 Å². The third-order valence-electron chi connectivity index (χ3n) is 3.17. The van der Waals surface area contributed by atoms with E-state index in [4.69, 9.17) is 26.8 Å². The number of benzene rings is 2. The van der Waals surface area contributed by atoms with E-state index < -0.39 is 17.6 Å². The van der Waals surface area contributed by atoms with Crippen LogP contribution in [0.2, 0.25) is 5.02 Å². The number of carbonyl (C=O) groups is 2. The van der Waals surface area contributed by atoms with Crippen molar-refractivity contribution in [1.82, 2.24) is 5.32 Å². The van der Waals surface area contributed by atoms with Crippen LogP contribution in [-0.4, -0.2) is 17.6 Å². The van der Waals surface area contributed by atoms with Crippen LogP contribution in [0.5, 0.6) is 11.5 Å². The fourth-order valence-corrected chi connectivity index (χ4v) is 2.28. The average Bonchev–Trinajstić information content (AvgIpc) is 2.51. The predicted octanol–water partition coefficient (Wildman–Crippen LogP) is 4.26. The normalized spacial score (nSPS) is 10.9. The molecule has 2 aromatic carbocycles. The number of ether oxygens (including phenoxy) is 2. The molecule has 2 amide bonds. The summed E-state index contributed by atoms with van der Waals surface area (Å²) in [6, 6.07) is 11.7. The van der Waals surface area contributed by atoms with E-state index in [-0.39, 0.29) is 17.9 Å². The van der Waals surface area contributed by atoms with Crippen molar-refractivity contribution < 1.29 is 19.1 Å². The van der Waals surface area contributed by atoms with E-state index in [0.29, 0.717) is 10.8 Å². The van der Waals surface area contributed by atoms with Crippen molar-refractivity contribution in [3.8, 4) is 11.5 Å². The number of hydrogen-bond donors (Lipinski definition) is 2. The lowest BCUT2D eigenvalue weighted by Gasteiger charge is -2.19. The minimum atomic E-state index is -0.612. The molecule has 0 aromatic heterocycles. The van der Waals surface area contributed by atoms with Crippen LogP contribution in [0.3, 0.4) is 0 Å². The molecule has 0 atom stereocenters. The number of nitrogens with two attached hydrogens (primary N) is 1. The molecule has 0 aliphatic heterocycles. The van der Waals surface area contributed by atoms with E-state index in [1.165, 1.54) is 12.1 Å². The molecule has 0 spiro atoms. The highest BCUT2D eigenvalue weighted by atomic mass is 35.5. The van der Waals surface area contributed by atoms with Gasteiger partial charge in [-0.1, -0.05) is 23.7 Å². The number of primary amides is 1. The number of alkyl carbamates (subject to hydrolysis) is 1. The summed E-state index contributed by atoms with van der Waals surface area (Å²) in [4.78, 5) is 23.3. The van der Waals surface area contributed by atoms with Crippen molar-refractivity contribution in [1.29, 1.82) is 0 Å². The zero-order chi connectivity index (χ0) is 19.3. The maximum atomic E-state index is 11.7. The molecule has 0 aliphatic rings. The summed E-state index contributed by atoms with van der Waals surface area (Å²) in [6.45, 7) is 5.65. The Morgan fingerprint density at radius 2 is 1.88 bits per heavy atom. The van der Waals surface area contributed by atoms with Crippen LogP contribution in [-0.2, 0) is 11.3 Å². The van der Waals surface area contributed by atoms with E-state index >= 15 is 0 Å². The summed E-state index contributed by atoms with van der Waals surface area (Å²) in [5, 5.41) is 3.10. The van der Waals surface area contributed by atoms with Gasteiger partial charge in [0.1, 0.15) is 17.1 Å². The van der Waals surface area contributed by atoms with Crippen molar-refractivity contribution >= 4 is 23.6 Å². The maximum Gasteiger partial charge on any atom is 0.407 e. The molecule has 0 fully saturated rings. The standard InChI is InChI=1S/C19H21ClN2O4/c1-19(2,3)26-18(24)22-11-12-5-4-6-14(9-12)25-16-10-13(20)7-8-15(16)17(21)23/h4-10H,11H2,1-3H3,(H2,21,23)(H,22,24). The fourth-order valence-electron chi connectivity index (χ4n) is 2.12. The first-order valence-electron chi connectivity index (χ1n) is 7.97. The Kier molecular flexibility index (Phi) is 6.10. The fraction of sp³-hybridized carbons (Fsp3) is 0.263. The van der Waals surface area contributed by atoms with Crippen molar-refractivity contribution in [3.63, 3.8) is 0 Å². The summed E-state index contributed by atoms with van der Waals surface area (Å²) in [5.41, 5.74) is 5.82. The van der Waals surface area contributed by atoms with E-state index in [9.17, 15) is 9.59 Å². The smallest absolute Gasteiger partial charge is 0.407 e. The Morgan fingerprint density at radius 1 is 1.15 bits per heavy atom. The molecule has 0 aliphatic carbocycles. The van der Waals surface area contributed by atoms with Gasteiger partial charge in [0, 0.05) is 17.6 Å². The first-order chi connectivity index (χ1) is 12.1. The highest BCUT2D eigenvalue weighted by Gasteiger charge is 2.16. The molecule has 0 heterocycles. The number of carbonyl (C=O) groups excluding carboxylic acids is 2. The van der Waals surface area contributed by atoms with Crippen molar-refractivity contribution in [3.05, 3.63) is 58.6 Å². The topological polar surface area (TPSA) is 90.7 Å². The molecule has 26 heavy (non-hydrogen) atoms. The van der Waals surface area contributed by atoms with E-state index in [1.807, 2.05) is 6.07 Å². The molecule has 2 rings (SSSR count). The largest absolute Gasteiger partial charge is 0.456 e. The Morgan fingerprint density at radius 3 is 2.54 bits per heavy atom. The van der Waals surface area contributed by atoms with Crippen LogP contribution in [0.15, 0.2) is 42.5 Å². The van der Waals surface area contributed by atoms with Gasteiger partial charge in [0.05, 0.1) is 5.56 Å². The number of hydrogen-bond acceptors (Lipinski definition) is 4. The molecular weight excluding hydrogens is 356 g/mol. The zero-order valence-electron chi connectivity index (χ0n) is 14.8. The second-order valence-electron chi connectivity index (χ2n) is 6.61. The van der Waals surface area contributed by atoms with Gasteiger partial charge < -0.3 is 20.5 Å². The number of halogens is 1. The molecule has 0 saturated carbocycles. The number of amides is 2. The molecule has 138 valence electrons. The molecule has 3 N–H and O–H groups in total. The van der Waals surface area contributed by atoms with Gasteiger partial charge in [-0.05, 0) is 50.6 Å². The highest BCUT2D eigenvalue weighted by Crippen LogP contribution is 2.28. The van der Waals surface area contributed by atoms with Gasteiger partial charge in [-0.2, -0.15) is 0 Å². The van der Waals surface area contributed by atoms with Crippen LogP contribution in [0.4, 0.5) is 4.79 Å². The van der Waals surface area contributed by atoms with Crippen LogP contribution in [0.1, 0.15) is 36.7 Å². The molecule has 0 radical (unpaired) electrons. The Labute approximate surface area is 157 Å². The van der Waals surface area contributed by atoms with Crippen molar-refractivity contribution in [2.24, 2.45) is 5.73 Å². The van der Waals surface area contributed by atoms with Crippen LogP contribution in [0, 0.1) is 0 Å². The second kappa shape index (κ2) is 8.10. The van der Waals surface area contributed by atoms with Gasteiger partial charge in [-0.3, -0.25) is 4.79 Å². The van der Waals surface area contributed by atoms with Gasteiger partial charge in [0.15, 0.2) is 0 Å². The highest BCUT2D eigenvalue weighted by molar-refractivity contribution is 6.30. The first-order valence-corrected chi connectivity index (χ1v) is 8.35. The van der Waals surface area contributed by atoms with Gasteiger partial charge in [0.25, 0.3) is 5.91 Å². The van der Waals surface area contributed by atoms with Crippen LogP contribution in [0.25, 0.3) is 0 Å². The SMILES string of the molecule is CC(C)(C)OC(=O)NCc1cccc(Oc2cc(Cl)ccc2C(N)=O)c1. The van der Waals surface area contributed by atoms with Crippen LogP contribution < -0.4 is 15.8 Å². The summed E-state index contributed by atoms with van der Waals surface area (Å²) >= 11 is 5.96. The molecule has 7 heteroatoms. The average molecular weight is 377 g/mol. The molecule has 0 unspecified atom stereocenters. The molecule has 6 nitrogen and oxygen atoms in total. The van der Waals surface area contributed by atoms with Crippen molar-refractivity contribution in [2.45, 2.75) is 32.9 Å². The minimum Gasteiger partial charge on any atom is -0.456 e. The third kappa shape index (κ3) is 5.97. The Hall–Kier alpha value is -2.73. The molecular formula is C19H21ClN2O4. The molecule has 0 bridgehead atoms. The quantitative estimate of drug-likeness (QED) is 0.815. The van der Waals surface area contributed by atoms with E-state index in [1.54, 1.807) is 45.0 Å². The summed E-state index contributed by atoms with van der Waals surface area (Å²) in [7, 11) is 0. The van der Waals surface area contributed by atoms with Gasteiger partial charge in [0.2, 0.25) is 0 Å². The summed E-state index contributed by atoms with van der Waals surface area (Å²) in [6.07, 6.45) is -0.505. The predicted molar refractivity (Wildman–Crippen MR) is 99.6 cm³/mol. The van der Waals surface area contributed by atoms with Crippen LogP contribution >= 0.6 is 11.6 Å². The second-order valence-corrected chi connectivity index (χ2v) is 7.05. The first kappa shape index (κ1) is 19.6. The monoisotopic (exact) mass is 376 g/mol. The minimum absolute atomic E-state index is 0.228. The Bertz CT molecular complexity index is 815. The third-order valence-corrected chi connectivity index (χ3v) is 3.41. The maximum absolute atomic E-state index is 11.7. The lowest BCUT2D eigenvalue weighted by molar-refractivity contribution is 0.0523.